The van der Waals surface area contributed by atoms with Crippen molar-refractivity contribution >= 4 is 39.9 Å². The molecule has 0 bridgehead atoms. The molecule has 1 fully saturated rings. The molecule has 10 heteroatoms. The van der Waals surface area contributed by atoms with E-state index in [1.165, 1.54) is 6.33 Å². The van der Waals surface area contributed by atoms with Crippen molar-refractivity contribution < 1.29 is 14.6 Å². The van der Waals surface area contributed by atoms with Gasteiger partial charge in [-0.25, -0.2) is 9.97 Å². The van der Waals surface area contributed by atoms with Crippen LogP contribution in [0.4, 0.5) is 11.5 Å². The van der Waals surface area contributed by atoms with Gasteiger partial charge in [0.2, 0.25) is 0 Å². The molecule has 0 spiro atoms. The minimum atomic E-state index is -0.0283. The van der Waals surface area contributed by atoms with E-state index >= 15 is 0 Å². The van der Waals surface area contributed by atoms with Gasteiger partial charge in [0.1, 0.15) is 24.5 Å². The van der Waals surface area contributed by atoms with E-state index in [1.807, 2.05) is 70.4 Å². The van der Waals surface area contributed by atoms with Crippen LogP contribution < -0.4 is 10.1 Å². The maximum absolute atomic E-state index is 13.2. The number of pyridine rings is 1. The van der Waals surface area contributed by atoms with Crippen LogP contribution >= 0.6 is 11.6 Å². The second-order valence-corrected chi connectivity index (χ2v) is 10.3. The molecule has 2 N–H and O–H groups in total. The number of nitrogens with zero attached hydrogens (tertiary/aromatic N) is 5. The van der Waals surface area contributed by atoms with Crippen molar-refractivity contribution in [2.24, 2.45) is 0 Å². The van der Waals surface area contributed by atoms with E-state index in [9.17, 15) is 9.90 Å². The number of carbonyl (C=O) groups excluding carboxylic acids is 1. The summed E-state index contributed by atoms with van der Waals surface area (Å²) in [5, 5.41) is 14.3. The number of hydrogen-bond acceptors (Lipinski definition) is 7. The Morgan fingerprint density at radius 2 is 1.90 bits per heavy atom. The van der Waals surface area contributed by atoms with Crippen molar-refractivity contribution in [3.8, 4) is 11.4 Å². The number of ether oxygens (including phenoxy) is 1. The monoisotopic (exact) mass is 568 g/mol. The standard InChI is InChI=1S/C31H29ClN6O3/c32-27-15-22(6-9-29(27)41-19-23-5-1-2-11-33-23)36-30-25-16-24(7-8-28(25)34-20-35-30)38-17-21(10-14-39)26(18-38)31(40)37-12-3-4-13-37/h1-2,5-9,11,15-18,20,39H,3-4,10,12-14,19H2,(H,34,35,36). The number of likely N-dealkylation sites (tertiary alicyclic amines) is 1. The highest BCUT2D eigenvalue weighted by Crippen LogP contribution is 2.32. The third kappa shape index (κ3) is 5.86. The molecule has 41 heavy (non-hydrogen) atoms. The second-order valence-electron chi connectivity index (χ2n) is 9.88. The third-order valence-electron chi connectivity index (χ3n) is 7.13. The second kappa shape index (κ2) is 12.0. The Morgan fingerprint density at radius 1 is 1.02 bits per heavy atom. The van der Waals surface area contributed by atoms with Gasteiger partial charge in [-0.1, -0.05) is 17.7 Å². The van der Waals surface area contributed by atoms with Gasteiger partial charge >= 0.3 is 0 Å². The molecular formula is C31H29ClN6O3. The van der Waals surface area contributed by atoms with E-state index in [1.54, 1.807) is 12.3 Å². The fourth-order valence-electron chi connectivity index (χ4n) is 5.02. The van der Waals surface area contributed by atoms with Crippen LogP contribution in [0.3, 0.4) is 0 Å². The molecule has 9 nitrogen and oxygen atoms in total. The van der Waals surface area contributed by atoms with Crippen molar-refractivity contribution in [3.63, 3.8) is 0 Å². The van der Waals surface area contributed by atoms with Gasteiger partial charge in [0.05, 0.1) is 21.8 Å². The first-order chi connectivity index (χ1) is 20.1. The summed E-state index contributed by atoms with van der Waals surface area (Å²) in [4.78, 5) is 28.3. The van der Waals surface area contributed by atoms with E-state index in [-0.39, 0.29) is 12.5 Å². The molecule has 6 rings (SSSR count). The molecule has 0 saturated carbocycles. The first-order valence-electron chi connectivity index (χ1n) is 13.5. The van der Waals surface area contributed by atoms with Crippen LogP contribution in [0, 0.1) is 0 Å². The highest BCUT2D eigenvalue weighted by atomic mass is 35.5. The molecule has 1 amide bonds. The summed E-state index contributed by atoms with van der Waals surface area (Å²) in [6.07, 6.45) is 9.46. The number of carbonyl (C=O) groups is 1. The molecule has 1 aliphatic heterocycles. The number of aromatic nitrogens is 4. The van der Waals surface area contributed by atoms with E-state index < -0.39 is 0 Å². The Labute approximate surface area is 242 Å². The smallest absolute Gasteiger partial charge is 0.255 e. The van der Waals surface area contributed by atoms with Gasteiger partial charge in [-0.05, 0) is 73.4 Å². The SMILES string of the molecule is O=C(c1cn(-c2ccc3ncnc(Nc4ccc(OCc5ccccn5)c(Cl)c4)c3c2)cc1CCO)N1CCCC1. The lowest BCUT2D eigenvalue weighted by Crippen LogP contribution is -2.28. The molecule has 5 aromatic rings. The predicted molar refractivity (Wildman–Crippen MR) is 158 cm³/mol. The Balaban J connectivity index is 1.26. The number of aliphatic hydroxyl groups is 1. The number of halogens is 1. The predicted octanol–water partition coefficient (Wildman–Crippen LogP) is 5.56. The maximum Gasteiger partial charge on any atom is 0.255 e. The molecule has 0 aliphatic carbocycles. The topological polar surface area (TPSA) is 105 Å². The summed E-state index contributed by atoms with van der Waals surface area (Å²) in [5.74, 6) is 1.19. The molecule has 1 saturated heterocycles. The van der Waals surface area contributed by atoms with Gasteiger partial charge in [0.15, 0.2) is 0 Å². The van der Waals surface area contributed by atoms with Crippen LogP contribution in [0.2, 0.25) is 5.02 Å². The van der Waals surface area contributed by atoms with Crippen LogP contribution in [0.15, 0.2) is 79.5 Å². The average Bonchev–Trinajstić information content (AvgIpc) is 3.68. The Hall–Kier alpha value is -4.47. The van der Waals surface area contributed by atoms with E-state index in [2.05, 4.69) is 20.3 Å². The van der Waals surface area contributed by atoms with Crippen molar-refractivity contribution in [3.05, 3.63) is 101 Å². The van der Waals surface area contributed by atoms with E-state index in [4.69, 9.17) is 16.3 Å². The number of aliphatic hydroxyl groups excluding tert-OH is 1. The Morgan fingerprint density at radius 3 is 2.68 bits per heavy atom. The third-order valence-corrected chi connectivity index (χ3v) is 7.42. The molecule has 0 atom stereocenters. The molecule has 0 unspecified atom stereocenters. The minimum Gasteiger partial charge on any atom is -0.486 e. The number of anilines is 2. The van der Waals surface area contributed by atoms with Crippen LogP contribution in [-0.2, 0) is 13.0 Å². The van der Waals surface area contributed by atoms with Gasteiger partial charge in [-0.15, -0.1) is 0 Å². The van der Waals surface area contributed by atoms with E-state index in [0.717, 1.165) is 59.5 Å². The Kier molecular flexibility index (Phi) is 7.80. The fourth-order valence-corrected chi connectivity index (χ4v) is 5.26. The summed E-state index contributed by atoms with van der Waals surface area (Å²) in [6.45, 7) is 1.83. The quantitative estimate of drug-likeness (QED) is 0.240. The van der Waals surface area contributed by atoms with Gasteiger partial charge in [-0.3, -0.25) is 9.78 Å². The van der Waals surface area contributed by atoms with Gasteiger partial charge in [-0.2, -0.15) is 0 Å². The first-order valence-corrected chi connectivity index (χ1v) is 13.9. The number of nitrogens with one attached hydrogen (secondary N) is 1. The largest absolute Gasteiger partial charge is 0.486 e. The van der Waals surface area contributed by atoms with Crippen LogP contribution in [-0.4, -0.2) is 55.1 Å². The molecular weight excluding hydrogens is 540 g/mol. The molecule has 0 radical (unpaired) electrons. The molecule has 1 aliphatic rings. The van der Waals surface area contributed by atoms with E-state index in [0.29, 0.717) is 35.2 Å². The summed E-state index contributed by atoms with van der Waals surface area (Å²) in [6, 6.07) is 17.0. The zero-order chi connectivity index (χ0) is 28.2. The van der Waals surface area contributed by atoms with Crippen LogP contribution in [0.25, 0.3) is 16.6 Å². The first kappa shape index (κ1) is 26.7. The molecule has 208 valence electrons. The van der Waals surface area contributed by atoms with Gasteiger partial charge in [0.25, 0.3) is 5.91 Å². The normalized spacial score (nSPS) is 13.1. The van der Waals surface area contributed by atoms with Gasteiger partial charge in [0, 0.05) is 55.0 Å². The summed E-state index contributed by atoms with van der Waals surface area (Å²) >= 11 is 6.53. The van der Waals surface area contributed by atoms with Crippen LogP contribution in [0.5, 0.6) is 5.75 Å². The number of amides is 1. The maximum atomic E-state index is 13.2. The highest BCUT2D eigenvalue weighted by molar-refractivity contribution is 6.32. The average molecular weight is 569 g/mol. The molecule has 4 heterocycles. The van der Waals surface area contributed by atoms with Crippen molar-refractivity contribution in [1.82, 2.24) is 24.4 Å². The zero-order valence-corrected chi connectivity index (χ0v) is 23.1. The summed E-state index contributed by atoms with van der Waals surface area (Å²) in [5.41, 5.74) is 4.63. The fraction of sp³-hybridized carbons (Fsp3) is 0.226. The molecule has 2 aromatic carbocycles. The number of rotatable bonds is 9. The zero-order valence-electron chi connectivity index (χ0n) is 22.3. The van der Waals surface area contributed by atoms with Crippen LogP contribution in [0.1, 0.15) is 34.5 Å². The summed E-state index contributed by atoms with van der Waals surface area (Å²) < 4.78 is 7.77. The lowest BCUT2D eigenvalue weighted by Gasteiger charge is -2.15. The summed E-state index contributed by atoms with van der Waals surface area (Å²) in [7, 11) is 0. The van der Waals surface area contributed by atoms with Gasteiger partial charge < -0.3 is 24.6 Å². The Bertz CT molecular complexity index is 1680. The number of benzene rings is 2. The minimum absolute atomic E-state index is 0.0144. The van der Waals surface area contributed by atoms with Crippen molar-refractivity contribution in [1.29, 1.82) is 0 Å². The lowest BCUT2D eigenvalue weighted by molar-refractivity contribution is 0.0791. The number of fused-ring (bicyclic) bond motifs is 1. The molecule has 3 aromatic heterocycles. The van der Waals surface area contributed by atoms with Crippen molar-refractivity contribution in [2.45, 2.75) is 25.9 Å². The van der Waals surface area contributed by atoms with Crippen molar-refractivity contribution in [2.75, 3.05) is 25.0 Å². The number of hydrogen-bond donors (Lipinski definition) is 2. The highest BCUT2D eigenvalue weighted by Gasteiger charge is 2.23. The lowest BCUT2D eigenvalue weighted by atomic mass is 10.1.